The minimum atomic E-state index is -0.953. The largest absolute Gasteiger partial charge is 0.494 e. The summed E-state index contributed by atoms with van der Waals surface area (Å²) in [5.41, 5.74) is 9.74. The molecule has 8 rings (SSSR count). The molecule has 68 heavy (non-hydrogen) atoms. The van der Waals surface area contributed by atoms with Crippen molar-refractivity contribution < 1.29 is 47.5 Å². The number of ether oxygens (including phenoxy) is 4. The third-order valence-corrected chi connectivity index (χ3v) is 12.5. The second kappa shape index (κ2) is 23.3. The van der Waals surface area contributed by atoms with Gasteiger partial charge in [0.15, 0.2) is 23.1 Å². The van der Waals surface area contributed by atoms with Gasteiger partial charge in [0.05, 0.1) is 51.7 Å². The van der Waals surface area contributed by atoms with Crippen LogP contribution in [0.1, 0.15) is 107 Å². The summed E-state index contributed by atoms with van der Waals surface area (Å²) in [5.74, 6) is -2.35. The Kier molecular flexibility index (Phi) is 16.8. The number of methoxy groups -OCH3 is 2. The molecule has 2 aliphatic carbocycles. The maximum absolute atomic E-state index is 14.2. The zero-order valence-electron chi connectivity index (χ0n) is 39.2. The topological polar surface area (TPSA) is 173 Å². The van der Waals surface area contributed by atoms with Crippen molar-refractivity contribution in [3.63, 3.8) is 0 Å². The van der Waals surface area contributed by atoms with E-state index in [2.05, 4.69) is 34.5 Å². The second-order valence-corrected chi connectivity index (χ2v) is 17.4. The molecule has 0 spiro atoms. The third-order valence-electron chi connectivity index (χ3n) is 12.5. The fraction of sp³-hybridized carbons (Fsp3) is 0.423. The molecule has 360 valence electrons. The monoisotopic (exact) mass is 934 g/mol. The zero-order valence-corrected chi connectivity index (χ0v) is 39.2. The van der Waals surface area contributed by atoms with Gasteiger partial charge in [-0.1, -0.05) is 24.3 Å². The minimum Gasteiger partial charge on any atom is -0.494 e. The maximum atomic E-state index is 14.2. The number of hydrogen-bond donors (Lipinski definition) is 2. The van der Waals surface area contributed by atoms with Gasteiger partial charge in [-0.25, -0.2) is 18.1 Å². The van der Waals surface area contributed by atoms with E-state index in [0.717, 1.165) is 37.1 Å². The predicted molar refractivity (Wildman–Crippen MR) is 250 cm³/mol. The van der Waals surface area contributed by atoms with Crippen LogP contribution in [0, 0.1) is 11.6 Å². The smallest absolute Gasteiger partial charge is 0.303 e. The van der Waals surface area contributed by atoms with E-state index in [-0.39, 0.29) is 24.3 Å². The molecule has 0 aliphatic heterocycles. The van der Waals surface area contributed by atoms with E-state index in [1.54, 1.807) is 35.6 Å². The molecular formula is C52H60F2N6O8. The fourth-order valence-corrected chi connectivity index (χ4v) is 8.95. The number of hydrogen-bond acceptors (Lipinski definition) is 10. The van der Waals surface area contributed by atoms with E-state index in [1.165, 1.54) is 86.7 Å². The van der Waals surface area contributed by atoms with Gasteiger partial charge in [-0.2, -0.15) is 10.2 Å². The summed E-state index contributed by atoms with van der Waals surface area (Å²) in [6, 6.07) is 21.2. The molecule has 2 aromatic carbocycles. The predicted octanol–water partition coefficient (Wildman–Crippen LogP) is 8.53. The Labute approximate surface area is 395 Å². The molecule has 0 amide bonds. The summed E-state index contributed by atoms with van der Waals surface area (Å²) in [7, 11) is 6.36. The van der Waals surface area contributed by atoms with Gasteiger partial charge in [-0.3, -0.25) is 19.6 Å². The van der Waals surface area contributed by atoms with Gasteiger partial charge in [-0.15, -0.1) is 0 Å². The number of pyridine rings is 2. The van der Waals surface area contributed by atoms with Crippen LogP contribution in [-0.4, -0.2) is 79.1 Å². The molecule has 0 radical (unpaired) electrons. The number of nitrogens with zero attached hydrogens (tertiary/aromatic N) is 6. The van der Waals surface area contributed by atoms with Crippen molar-refractivity contribution >= 4 is 11.9 Å². The van der Waals surface area contributed by atoms with Crippen molar-refractivity contribution in [2.45, 2.75) is 102 Å². The van der Waals surface area contributed by atoms with Crippen LogP contribution >= 0.6 is 0 Å². The summed E-state index contributed by atoms with van der Waals surface area (Å²) < 4.78 is 53.5. The van der Waals surface area contributed by atoms with Gasteiger partial charge in [0, 0.05) is 73.7 Å². The molecule has 16 heteroatoms. The lowest BCUT2D eigenvalue weighted by Gasteiger charge is -2.15. The first-order chi connectivity index (χ1) is 32.8. The Morgan fingerprint density at radius 3 is 1.38 bits per heavy atom. The maximum Gasteiger partial charge on any atom is 0.303 e. The molecule has 6 aromatic rings. The molecule has 2 N–H and O–H groups in total. The van der Waals surface area contributed by atoms with Gasteiger partial charge in [0.25, 0.3) is 0 Å². The van der Waals surface area contributed by atoms with Crippen molar-refractivity contribution in [3.05, 3.63) is 141 Å². The second-order valence-electron chi connectivity index (χ2n) is 17.4. The molecule has 14 nitrogen and oxygen atoms in total. The number of aromatic nitrogens is 6. The highest BCUT2D eigenvalue weighted by Gasteiger charge is 2.23. The number of benzene rings is 2. The molecule has 4 aromatic heterocycles. The number of halogens is 2. The van der Waals surface area contributed by atoms with Gasteiger partial charge in [-0.05, 0) is 123 Å². The SMILES string of the molecule is COc1ccc([C@@H](CC(=O)O)Cc2cc(OCCc3ccc4c(n3)CCCC4)n(C)n2)cc1F.COc1ccc([C@H](CC(=O)O)Cc2cc(OCCc3ccc4c(n3)CCCC4)n(C)n2)cc1F. The van der Waals surface area contributed by atoms with Gasteiger partial charge < -0.3 is 29.2 Å². The van der Waals surface area contributed by atoms with Crippen LogP contribution in [0.4, 0.5) is 8.78 Å². The van der Waals surface area contributed by atoms with E-state index in [0.29, 0.717) is 73.2 Å². The molecule has 4 heterocycles. The van der Waals surface area contributed by atoms with Crippen molar-refractivity contribution in [1.82, 2.24) is 29.5 Å². The normalized spacial score (nSPS) is 13.9. The standard InChI is InChI=1S/2C26H30FN3O4/c2*1-30-25(34-12-11-20-9-7-17-5-3-4-6-23(17)28-20)16-21(29-30)13-19(15-26(31)32)18-8-10-24(33-2)22(27)14-18/h2*7-10,14,16,19H,3-6,11-13,15H2,1-2H3,(H,31,32)/t2*19-/m10/s1. The number of fused-ring (bicyclic) bond motifs is 2. The fourth-order valence-electron chi connectivity index (χ4n) is 8.95. The van der Waals surface area contributed by atoms with Crippen LogP contribution in [0.15, 0.2) is 72.8 Å². The minimum absolute atomic E-state index is 0.125. The molecular weight excluding hydrogens is 875 g/mol. The average Bonchev–Trinajstić information content (AvgIpc) is 3.86. The number of aliphatic carboxylic acids is 2. The summed E-state index contributed by atoms with van der Waals surface area (Å²) in [6.07, 6.45) is 11.0. The van der Waals surface area contributed by atoms with E-state index >= 15 is 0 Å². The Bertz CT molecular complexity index is 2500. The van der Waals surface area contributed by atoms with Gasteiger partial charge in [0.2, 0.25) is 11.8 Å². The first kappa shape index (κ1) is 49.1. The molecule has 0 unspecified atom stereocenters. The molecule has 0 bridgehead atoms. The average molecular weight is 935 g/mol. The highest BCUT2D eigenvalue weighted by atomic mass is 19.1. The number of carboxylic acid groups (broad SMARTS) is 2. The highest BCUT2D eigenvalue weighted by molar-refractivity contribution is 5.68. The molecule has 2 aliphatic rings. The van der Waals surface area contributed by atoms with Gasteiger partial charge >= 0.3 is 11.9 Å². The molecule has 0 saturated carbocycles. The highest BCUT2D eigenvalue weighted by Crippen LogP contribution is 2.31. The number of carboxylic acids is 2. The quantitative estimate of drug-likeness (QED) is 0.0749. The lowest BCUT2D eigenvalue weighted by molar-refractivity contribution is -0.138. The van der Waals surface area contributed by atoms with Crippen molar-refractivity contribution in [3.8, 4) is 23.3 Å². The van der Waals surface area contributed by atoms with E-state index in [4.69, 9.17) is 28.9 Å². The molecule has 2 atom stereocenters. The molecule has 0 fully saturated rings. The van der Waals surface area contributed by atoms with Crippen LogP contribution in [-0.2, 0) is 75.1 Å². The summed E-state index contributed by atoms with van der Waals surface area (Å²) >= 11 is 0. The zero-order chi connectivity index (χ0) is 48.2. The first-order valence-electron chi connectivity index (χ1n) is 23.2. The summed E-state index contributed by atoms with van der Waals surface area (Å²) in [6.45, 7) is 0.931. The molecule has 0 saturated heterocycles. The van der Waals surface area contributed by atoms with Crippen molar-refractivity contribution in [2.24, 2.45) is 14.1 Å². The van der Waals surface area contributed by atoms with Crippen molar-refractivity contribution in [1.29, 1.82) is 0 Å². The van der Waals surface area contributed by atoms with Crippen LogP contribution < -0.4 is 18.9 Å². The van der Waals surface area contributed by atoms with Crippen LogP contribution in [0.5, 0.6) is 23.3 Å². The van der Waals surface area contributed by atoms with E-state index in [9.17, 15) is 28.6 Å². The Balaban J connectivity index is 0.000000201. The van der Waals surface area contributed by atoms with E-state index in [1.807, 2.05) is 12.1 Å². The summed E-state index contributed by atoms with van der Waals surface area (Å²) in [5, 5.41) is 27.7. The van der Waals surface area contributed by atoms with Crippen LogP contribution in [0.2, 0.25) is 0 Å². The number of carbonyl (C=O) groups is 2. The van der Waals surface area contributed by atoms with Gasteiger partial charge in [0.1, 0.15) is 0 Å². The number of aryl methyl sites for hydroxylation is 6. The van der Waals surface area contributed by atoms with Crippen LogP contribution in [0.3, 0.4) is 0 Å². The Morgan fingerprint density at radius 1 is 0.588 bits per heavy atom. The lowest BCUT2D eigenvalue weighted by Crippen LogP contribution is -2.10. The Hall–Kier alpha value is -6.84. The number of rotatable bonds is 20. The van der Waals surface area contributed by atoms with Crippen molar-refractivity contribution in [2.75, 3.05) is 27.4 Å². The van der Waals surface area contributed by atoms with Crippen LogP contribution in [0.25, 0.3) is 0 Å². The first-order valence-corrected chi connectivity index (χ1v) is 23.2. The third kappa shape index (κ3) is 13.2. The lowest BCUT2D eigenvalue weighted by atomic mass is 9.91. The van der Waals surface area contributed by atoms with E-state index < -0.39 is 35.4 Å². The summed E-state index contributed by atoms with van der Waals surface area (Å²) in [4.78, 5) is 32.5. The Morgan fingerprint density at radius 2 is 1.00 bits per heavy atom.